The molecule has 0 unspecified atom stereocenters. The molecule has 0 bridgehead atoms. The first-order valence-corrected chi connectivity index (χ1v) is 15.2. The summed E-state index contributed by atoms with van der Waals surface area (Å²) in [5.74, 6) is 0.867. The van der Waals surface area contributed by atoms with Crippen molar-refractivity contribution in [3.63, 3.8) is 0 Å². The number of benzene rings is 4. The maximum atomic E-state index is 5.93. The van der Waals surface area contributed by atoms with Crippen molar-refractivity contribution in [2.75, 3.05) is 20.3 Å². The van der Waals surface area contributed by atoms with Crippen LogP contribution in [-0.2, 0) is 10.9 Å². The van der Waals surface area contributed by atoms with E-state index in [-0.39, 0.29) is 0 Å². The molecule has 0 aliphatic carbocycles. The Morgan fingerprint density at radius 3 is 1.59 bits per heavy atom. The predicted molar refractivity (Wildman–Crippen MR) is 142 cm³/mol. The van der Waals surface area contributed by atoms with Gasteiger partial charge in [0.15, 0.2) is 0 Å². The molecule has 0 radical (unpaired) electrons. The Labute approximate surface area is 198 Å². The second-order valence-corrected chi connectivity index (χ2v) is 16.8. The first-order valence-electron chi connectivity index (χ1n) is 10.8. The van der Waals surface area contributed by atoms with Gasteiger partial charge in [-0.25, -0.2) is 0 Å². The van der Waals surface area contributed by atoms with E-state index in [1.54, 1.807) is 7.11 Å². The summed E-state index contributed by atoms with van der Waals surface area (Å²) in [5, 5.41) is 0.909. The molecular formula is C28H28BrO2P. The first kappa shape index (κ1) is 22.7. The van der Waals surface area contributed by atoms with Crippen molar-refractivity contribution in [3.8, 4) is 5.75 Å². The van der Waals surface area contributed by atoms with Gasteiger partial charge in [-0.15, -0.1) is 0 Å². The minimum absolute atomic E-state index is 0.536. The van der Waals surface area contributed by atoms with Crippen LogP contribution in [0.1, 0.15) is 5.56 Å². The molecule has 0 aromatic heterocycles. The molecule has 4 aromatic carbocycles. The second kappa shape index (κ2) is 10.0. The molecule has 0 saturated carbocycles. The van der Waals surface area contributed by atoms with Crippen molar-refractivity contribution < 1.29 is 9.47 Å². The molecule has 2 nitrogen and oxygen atoms in total. The number of rotatable bonds is 9. The summed E-state index contributed by atoms with van der Waals surface area (Å²) >= 11 is 4.51. The van der Waals surface area contributed by atoms with Crippen LogP contribution in [-0.4, -0.2) is 20.3 Å². The predicted octanol–water partition coefficient (Wildman–Crippen LogP) is 6.05. The van der Waals surface area contributed by atoms with Crippen LogP contribution in [0.2, 0.25) is 0 Å². The molecule has 0 amide bonds. The average Bonchev–Trinajstić information content (AvgIpc) is 2.86. The molecule has 4 rings (SSSR count). The molecule has 4 aromatic rings. The molecule has 0 aliphatic rings. The number of halogens is 1. The molecule has 0 aliphatic heterocycles. The quantitative estimate of drug-likeness (QED) is 0.203. The number of hydrogen-bond acceptors (Lipinski definition) is 2. The summed E-state index contributed by atoms with van der Waals surface area (Å²) in [4.78, 5) is 0. The van der Waals surface area contributed by atoms with Crippen LogP contribution in [0.15, 0.2) is 115 Å². The van der Waals surface area contributed by atoms with Gasteiger partial charge in [0.05, 0.1) is 0 Å². The molecule has 0 N–H and O–H groups in total. The van der Waals surface area contributed by atoms with Gasteiger partial charge in [-0.05, 0) is 0 Å². The zero-order valence-electron chi connectivity index (χ0n) is 18.2. The number of hydrogen-bond donors (Lipinski definition) is 0. The summed E-state index contributed by atoms with van der Waals surface area (Å²) in [6.45, 7) is 1.11. The molecule has 0 atom stereocenters. The molecule has 0 spiro atoms. The van der Waals surface area contributed by atoms with E-state index < -0.39 is 5.31 Å². The van der Waals surface area contributed by atoms with Crippen LogP contribution in [0.3, 0.4) is 0 Å². The van der Waals surface area contributed by atoms with Crippen molar-refractivity contribution >= 4 is 36.7 Å². The standard InChI is InChI=1S/C28H28BrO2P/c1-30-20-21-31-25-13-11-12-24(22-25)23-32(29,26-14-5-2-6-15-26,27-16-7-3-8-17-27)28-18-9-4-10-19-28/h2-19,22H,20-21,23H2,1H3. The maximum absolute atomic E-state index is 5.93. The monoisotopic (exact) mass is 506 g/mol. The van der Waals surface area contributed by atoms with Gasteiger partial charge in [0, 0.05) is 0 Å². The van der Waals surface area contributed by atoms with Crippen LogP contribution >= 0.6 is 20.8 Å². The van der Waals surface area contributed by atoms with E-state index >= 15 is 0 Å². The third kappa shape index (κ3) is 4.38. The zero-order valence-corrected chi connectivity index (χ0v) is 20.7. The van der Waals surface area contributed by atoms with E-state index in [0.29, 0.717) is 13.2 Å². The number of methoxy groups -OCH3 is 1. The Hall–Kier alpha value is -2.45. The van der Waals surface area contributed by atoms with Crippen molar-refractivity contribution in [3.05, 3.63) is 121 Å². The van der Waals surface area contributed by atoms with E-state index in [4.69, 9.17) is 9.47 Å². The van der Waals surface area contributed by atoms with Gasteiger partial charge in [0.1, 0.15) is 0 Å². The minimum atomic E-state index is -3.01. The molecule has 0 saturated heterocycles. The Bertz CT molecular complexity index is 1030. The molecule has 4 heteroatoms. The fourth-order valence-corrected chi connectivity index (χ4v) is 12.0. The zero-order chi connectivity index (χ0) is 22.3. The van der Waals surface area contributed by atoms with Gasteiger partial charge in [0.2, 0.25) is 0 Å². The van der Waals surface area contributed by atoms with E-state index in [1.165, 1.54) is 21.5 Å². The van der Waals surface area contributed by atoms with E-state index in [0.717, 1.165) is 11.9 Å². The van der Waals surface area contributed by atoms with Crippen molar-refractivity contribution in [2.45, 2.75) is 6.16 Å². The summed E-state index contributed by atoms with van der Waals surface area (Å²) < 4.78 is 11.1. The van der Waals surface area contributed by atoms with Crippen LogP contribution in [0.5, 0.6) is 5.75 Å². The van der Waals surface area contributed by atoms with Crippen LogP contribution in [0.25, 0.3) is 0 Å². The van der Waals surface area contributed by atoms with Crippen LogP contribution < -0.4 is 20.7 Å². The normalized spacial score (nSPS) is 12.6. The summed E-state index contributed by atoms with van der Waals surface area (Å²) in [6, 6.07) is 41.0. The van der Waals surface area contributed by atoms with Crippen molar-refractivity contribution in [2.24, 2.45) is 0 Å². The summed E-state index contributed by atoms with van der Waals surface area (Å²) in [5.41, 5.74) is 1.23. The molecular weight excluding hydrogens is 479 g/mol. The molecule has 32 heavy (non-hydrogen) atoms. The summed E-state index contributed by atoms with van der Waals surface area (Å²) in [7, 11) is 1.69. The summed E-state index contributed by atoms with van der Waals surface area (Å²) in [6.07, 6.45) is 0.838. The van der Waals surface area contributed by atoms with E-state index in [1.807, 2.05) is 6.07 Å². The third-order valence-corrected chi connectivity index (χ3v) is 15.3. The Balaban J connectivity index is 1.92. The van der Waals surface area contributed by atoms with Crippen molar-refractivity contribution in [1.82, 2.24) is 0 Å². The third-order valence-electron chi connectivity index (χ3n) is 5.82. The second-order valence-electron chi connectivity index (χ2n) is 7.84. The van der Waals surface area contributed by atoms with Crippen LogP contribution in [0.4, 0.5) is 0 Å². The SMILES string of the molecule is COCCOc1cccc(CP(Br)(c2ccccc2)(c2ccccc2)c2ccccc2)c1. The Morgan fingerprint density at radius 1 is 0.625 bits per heavy atom. The van der Waals surface area contributed by atoms with Crippen molar-refractivity contribution in [1.29, 1.82) is 0 Å². The topological polar surface area (TPSA) is 18.5 Å². The van der Waals surface area contributed by atoms with E-state index in [2.05, 4.69) is 125 Å². The van der Waals surface area contributed by atoms with E-state index in [9.17, 15) is 0 Å². The Kier molecular flexibility index (Phi) is 7.10. The molecule has 0 heterocycles. The molecule has 0 fully saturated rings. The molecule has 164 valence electrons. The fraction of sp³-hybridized carbons (Fsp3) is 0.143. The van der Waals surface area contributed by atoms with Gasteiger partial charge >= 0.3 is 199 Å². The van der Waals surface area contributed by atoms with Crippen LogP contribution in [0, 0.1) is 0 Å². The fourth-order valence-electron chi connectivity index (χ4n) is 4.26. The van der Waals surface area contributed by atoms with Gasteiger partial charge in [-0.1, -0.05) is 0 Å². The average molecular weight is 507 g/mol. The Morgan fingerprint density at radius 2 is 1.12 bits per heavy atom. The van der Waals surface area contributed by atoms with Gasteiger partial charge in [-0.2, -0.15) is 0 Å². The van der Waals surface area contributed by atoms with Gasteiger partial charge in [-0.3, -0.25) is 0 Å². The van der Waals surface area contributed by atoms with Gasteiger partial charge < -0.3 is 0 Å². The number of ether oxygens (including phenoxy) is 2. The van der Waals surface area contributed by atoms with Gasteiger partial charge in [0.25, 0.3) is 0 Å². The first-order chi connectivity index (χ1) is 15.6.